The fourth-order valence-electron chi connectivity index (χ4n) is 1.07. The summed E-state index contributed by atoms with van der Waals surface area (Å²) in [6.45, 7) is 5.67. The molecule has 0 saturated heterocycles. The first-order chi connectivity index (χ1) is 7.81. The molecule has 0 aliphatic rings. The summed E-state index contributed by atoms with van der Waals surface area (Å²) in [6, 6.07) is 8.45. The van der Waals surface area contributed by atoms with Gasteiger partial charge in [-0.2, -0.15) is 4.31 Å². The fraction of sp³-hybridized carbons (Fsp3) is 0.364. The summed E-state index contributed by atoms with van der Waals surface area (Å²) in [7, 11) is -0.553. The zero-order chi connectivity index (χ0) is 13.1. The summed E-state index contributed by atoms with van der Waals surface area (Å²) in [5.74, 6) is 0. The highest BCUT2D eigenvalue weighted by atomic mass is 33.1. The number of carbonyl (C=O) groups is 1. The average molecular weight is 273 g/mol. The number of para-hydroxylation sites is 1. The van der Waals surface area contributed by atoms with E-state index < -0.39 is 16.1 Å². The molecule has 1 aromatic carbocycles. The molecule has 94 valence electrons. The highest BCUT2D eigenvalue weighted by Gasteiger charge is 2.26. The minimum Gasteiger partial charge on any atom is -0.464 e. The van der Waals surface area contributed by atoms with Gasteiger partial charge >= 0.3 is 6.09 Å². The maximum absolute atomic E-state index is 12.0. The van der Waals surface area contributed by atoms with E-state index in [0.29, 0.717) is 5.69 Å². The van der Waals surface area contributed by atoms with Crippen LogP contribution in [0.3, 0.4) is 0 Å². The molecule has 1 atom stereocenters. The van der Waals surface area contributed by atoms with Gasteiger partial charge in [-0.05, 0) is 43.7 Å². The number of hydrogen-bond donors (Lipinski definition) is 1. The van der Waals surface area contributed by atoms with Gasteiger partial charge in [-0.15, -0.1) is 0 Å². The Hall–Kier alpha value is -1.01. The smallest absolute Gasteiger partial charge is 0.424 e. The zero-order valence-corrected chi connectivity index (χ0v) is 11.5. The van der Waals surface area contributed by atoms with Gasteiger partial charge in [0.05, 0.1) is 5.69 Å². The Labute approximate surface area is 107 Å². The molecule has 0 spiro atoms. The van der Waals surface area contributed by atoms with Crippen molar-refractivity contribution in [1.82, 2.24) is 0 Å². The topological polar surface area (TPSA) is 57.6 Å². The van der Waals surface area contributed by atoms with Gasteiger partial charge in [0.15, 0.2) is 10.0 Å². The standard InChI is InChI=1S/C11H15NO3S2/c1-11(2,3)16-17(15)12(10(13)14)9-7-5-4-6-8-9/h4-8H,1-3H3,(H,13,14). The van der Waals surface area contributed by atoms with E-state index in [0.717, 1.165) is 15.1 Å². The monoisotopic (exact) mass is 273 g/mol. The highest BCUT2D eigenvalue weighted by Crippen LogP contribution is 2.31. The van der Waals surface area contributed by atoms with Gasteiger partial charge in [0.1, 0.15) is 0 Å². The fourth-order valence-corrected chi connectivity index (χ4v) is 3.95. The molecule has 1 N–H and O–H groups in total. The van der Waals surface area contributed by atoms with Crippen LogP contribution in [0.1, 0.15) is 20.8 Å². The van der Waals surface area contributed by atoms with E-state index in [1.54, 1.807) is 30.3 Å². The van der Waals surface area contributed by atoms with Crippen LogP contribution in [0.2, 0.25) is 0 Å². The Morgan fingerprint density at radius 3 is 2.24 bits per heavy atom. The number of anilines is 1. The van der Waals surface area contributed by atoms with Crippen LogP contribution in [0.5, 0.6) is 0 Å². The van der Waals surface area contributed by atoms with Crippen molar-refractivity contribution < 1.29 is 14.1 Å². The van der Waals surface area contributed by atoms with Crippen LogP contribution < -0.4 is 4.31 Å². The summed E-state index contributed by atoms with van der Waals surface area (Å²) < 4.78 is 12.6. The third-order valence-electron chi connectivity index (χ3n) is 1.63. The Morgan fingerprint density at radius 2 is 1.82 bits per heavy atom. The predicted octanol–water partition coefficient (Wildman–Crippen LogP) is 3.28. The van der Waals surface area contributed by atoms with Crippen molar-refractivity contribution in [1.29, 1.82) is 0 Å². The maximum atomic E-state index is 12.0. The molecule has 1 unspecified atom stereocenters. The van der Waals surface area contributed by atoms with E-state index in [1.165, 1.54) is 0 Å². The normalized spacial score (nSPS) is 13.1. The van der Waals surface area contributed by atoms with E-state index in [2.05, 4.69) is 0 Å². The number of rotatable bonds is 3. The van der Waals surface area contributed by atoms with Crippen molar-refractivity contribution in [3.63, 3.8) is 0 Å². The number of carboxylic acid groups (broad SMARTS) is 1. The van der Waals surface area contributed by atoms with E-state index in [4.69, 9.17) is 5.11 Å². The quantitative estimate of drug-likeness (QED) is 0.859. The maximum Gasteiger partial charge on any atom is 0.424 e. The molecule has 0 bridgehead atoms. The van der Waals surface area contributed by atoms with Gasteiger partial charge in [0, 0.05) is 4.75 Å². The van der Waals surface area contributed by atoms with Crippen LogP contribution in [-0.4, -0.2) is 20.2 Å². The van der Waals surface area contributed by atoms with E-state index in [9.17, 15) is 9.00 Å². The van der Waals surface area contributed by atoms with Crippen molar-refractivity contribution in [3.05, 3.63) is 30.3 Å². The molecule has 4 nitrogen and oxygen atoms in total. The molecule has 0 heterocycles. The lowest BCUT2D eigenvalue weighted by Gasteiger charge is -2.22. The van der Waals surface area contributed by atoms with Crippen molar-refractivity contribution in [2.75, 3.05) is 4.31 Å². The van der Waals surface area contributed by atoms with Crippen molar-refractivity contribution >= 4 is 32.6 Å². The number of benzene rings is 1. The van der Waals surface area contributed by atoms with Gasteiger partial charge in [-0.25, -0.2) is 9.00 Å². The van der Waals surface area contributed by atoms with Crippen molar-refractivity contribution in [2.45, 2.75) is 25.5 Å². The molecule has 1 amide bonds. The lowest BCUT2D eigenvalue weighted by atomic mass is 10.3. The highest BCUT2D eigenvalue weighted by molar-refractivity contribution is 8.70. The van der Waals surface area contributed by atoms with Gasteiger partial charge in [-0.3, -0.25) is 0 Å². The Morgan fingerprint density at radius 1 is 1.29 bits per heavy atom. The molecule has 1 rings (SSSR count). The molecular weight excluding hydrogens is 258 g/mol. The van der Waals surface area contributed by atoms with Gasteiger partial charge in [0.2, 0.25) is 0 Å². The van der Waals surface area contributed by atoms with Crippen LogP contribution in [0.4, 0.5) is 10.5 Å². The number of nitrogens with zero attached hydrogens (tertiary/aromatic N) is 1. The second-order valence-corrected chi connectivity index (χ2v) is 7.87. The Kier molecular flexibility index (Phi) is 4.59. The molecule has 0 aliphatic heterocycles. The molecule has 17 heavy (non-hydrogen) atoms. The first kappa shape index (κ1) is 14.1. The average Bonchev–Trinajstić information content (AvgIpc) is 2.15. The first-order valence-corrected chi connectivity index (χ1v) is 7.45. The van der Waals surface area contributed by atoms with Crippen LogP contribution in [-0.2, 0) is 10.0 Å². The van der Waals surface area contributed by atoms with Crippen molar-refractivity contribution in [2.24, 2.45) is 0 Å². The zero-order valence-electron chi connectivity index (χ0n) is 9.91. The summed E-state index contributed by atoms with van der Waals surface area (Å²) >= 11 is 0. The van der Waals surface area contributed by atoms with Crippen molar-refractivity contribution in [3.8, 4) is 0 Å². The lowest BCUT2D eigenvalue weighted by Crippen LogP contribution is -2.31. The van der Waals surface area contributed by atoms with E-state index in [-0.39, 0.29) is 4.75 Å². The van der Waals surface area contributed by atoms with Crippen LogP contribution in [0.25, 0.3) is 0 Å². The Bertz CT molecular complexity index is 414. The molecule has 0 saturated carbocycles. The number of hydrogen-bond acceptors (Lipinski definition) is 3. The van der Waals surface area contributed by atoms with Crippen LogP contribution in [0.15, 0.2) is 30.3 Å². The Balaban J connectivity index is 2.96. The van der Waals surface area contributed by atoms with Gasteiger partial charge < -0.3 is 5.11 Å². The SMILES string of the molecule is CC(C)(C)SS(=O)N(C(=O)O)c1ccccc1. The van der Waals surface area contributed by atoms with E-state index >= 15 is 0 Å². The molecular formula is C11H15NO3S2. The molecule has 0 aliphatic carbocycles. The second-order valence-electron chi connectivity index (χ2n) is 4.33. The minimum atomic E-state index is -1.66. The summed E-state index contributed by atoms with van der Waals surface area (Å²) in [4.78, 5) is 11.1. The molecule has 6 heteroatoms. The third kappa shape index (κ3) is 4.40. The summed E-state index contributed by atoms with van der Waals surface area (Å²) in [5.41, 5.74) is 0.412. The van der Waals surface area contributed by atoms with Gasteiger partial charge in [-0.1, -0.05) is 18.2 Å². The largest absolute Gasteiger partial charge is 0.464 e. The summed E-state index contributed by atoms with van der Waals surface area (Å²) in [5, 5.41) is 9.11. The molecule has 0 aromatic heterocycles. The molecule has 0 fully saturated rings. The molecule has 0 radical (unpaired) electrons. The predicted molar refractivity (Wildman–Crippen MR) is 72.4 cm³/mol. The van der Waals surface area contributed by atoms with Gasteiger partial charge in [0.25, 0.3) is 0 Å². The molecule has 1 aromatic rings. The second kappa shape index (κ2) is 5.55. The van der Waals surface area contributed by atoms with E-state index in [1.807, 2.05) is 20.8 Å². The van der Waals surface area contributed by atoms with Crippen LogP contribution in [0, 0.1) is 0 Å². The minimum absolute atomic E-state index is 0.270. The summed E-state index contributed by atoms with van der Waals surface area (Å²) in [6.07, 6.45) is -1.22. The first-order valence-electron chi connectivity index (χ1n) is 5.01. The van der Waals surface area contributed by atoms with Crippen LogP contribution >= 0.6 is 10.8 Å². The third-order valence-corrected chi connectivity index (χ3v) is 5.32. The number of amides is 1. The lowest BCUT2D eigenvalue weighted by molar-refractivity contribution is 0.206.